The maximum atomic E-state index is 12.2. The molecule has 60 valence electrons. The van der Waals surface area contributed by atoms with E-state index < -0.39 is 15.9 Å². The molecule has 0 spiro atoms. The van der Waals surface area contributed by atoms with Gasteiger partial charge in [-0.25, -0.2) is 4.39 Å². The van der Waals surface area contributed by atoms with Crippen LogP contribution in [0.2, 0.25) is 0 Å². The largest absolute Gasteiger partial charge is 0.294 e. The molecular formula is C6H5FO3S. The van der Waals surface area contributed by atoms with Gasteiger partial charge >= 0.3 is 0 Å². The summed E-state index contributed by atoms with van der Waals surface area (Å²) in [4.78, 5) is -0.307. The van der Waals surface area contributed by atoms with Crippen LogP contribution in [0, 0.1) is 5.82 Å². The molecule has 0 saturated carbocycles. The Morgan fingerprint density at radius 2 is 1.64 bits per heavy atom. The van der Waals surface area contributed by atoms with Gasteiger partial charge in [0.15, 0.2) is 0 Å². The van der Waals surface area contributed by atoms with Crippen LogP contribution in [0.5, 0.6) is 0 Å². The molecule has 0 unspecified atom stereocenters. The van der Waals surface area contributed by atoms with E-state index in [0.717, 1.165) is 24.3 Å². The Balaban J connectivity index is 3.20. The maximum Gasteiger partial charge on any atom is 0.294 e. The van der Waals surface area contributed by atoms with Gasteiger partial charge in [0.05, 0.1) is 4.90 Å². The Morgan fingerprint density at radius 3 is 2.00 bits per heavy atom. The maximum absolute atomic E-state index is 12.2. The van der Waals surface area contributed by atoms with Gasteiger partial charge in [-0.1, -0.05) is 0 Å². The molecule has 0 heterocycles. The van der Waals surface area contributed by atoms with E-state index in [2.05, 4.69) is 0 Å². The van der Waals surface area contributed by atoms with E-state index in [9.17, 15) is 12.8 Å². The molecule has 0 atom stereocenters. The highest BCUT2D eigenvalue weighted by molar-refractivity contribution is 7.85. The van der Waals surface area contributed by atoms with Crippen LogP contribution in [-0.4, -0.2) is 13.0 Å². The molecule has 0 aliphatic heterocycles. The Labute approximate surface area is 63.2 Å². The molecule has 0 fully saturated rings. The second-order valence-electron chi connectivity index (χ2n) is 1.93. The van der Waals surface area contributed by atoms with Crippen molar-refractivity contribution >= 4 is 10.1 Å². The van der Waals surface area contributed by atoms with Gasteiger partial charge in [-0.3, -0.25) is 4.55 Å². The van der Waals surface area contributed by atoms with Crippen molar-refractivity contribution in [2.75, 3.05) is 0 Å². The molecule has 0 aliphatic rings. The molecule has 5 heteroatoms. The fourth-order valence-corrected chi connectivity index (χ4v) is 1.09. The lowest BCUT2D eigenvalue weighted by molar-refractivity contribution is 0.483. The fraction of sp³-hybridized carbons (Fsp3) is 0. The number of benzene rings is 1. The van der Waals surface area contributed by atoms with Crippen LogP contribution < -0.4 is 0 Å². The zero-order valence-corrected chi connectivity index (χ0v) is 6.18. The van der Waals surface area contributed by atoms with Gasteiger partial charge in [-0.15, -0.1) is 0 Å². The average Bonchev–Trinajstić information content (AvgIpc) is 1.86. The third-order valence-corrected chi connectivity index (χ3v) is 1.98. The minimum atomic E-state index is -4.19. The van der Waals surface area contributed by atoms with Gasteiger partial charge < -0.3 is 0 Å². The van der Waals surface area contributed by atoms with E-state index in [0.29, 0.717) is 0 Å². The Kier molecular flexibility index (Phi) is 1.92. The fourth-order valence-electron chi connectivity index (χ4n) is 0.607. The number of hydrogen-bond acceptors (Lipinski definition) is 2. The second kappa shape index (κ2) is 2.60. The lowest BCUT2D eigenvalue weighted by atomic mass is 10.4. The predicted octanol–water partition coefficient (Wildman–Crippen LogP) is 1.07. The van der Waals surface area contributed by atoms with Crippen molar-refractivity contribution in [3.63, 3.8) is 0 Å². The van der Waals surface area contributed by atoms with E-state index >= 15 is 0 Å². The zero-order chi connectivity index (χ0) is 8.48. The Bertz CT molecular complexity index is 341. The summed E-state index contributed by atoms with van der Waals surface area (Å²) in [5.41, 5.74) is 0. The first-order chi connectivity index (χ1) is 5.00. The van der Waals surface area contributed by atoms with Crippen LogP contribution in [-0.2, 0) is 10.1 Å². The van der Waals surface area contributed by atoms with Gasteiger partial charge in [-0.2, -0.15) is 8.42 Å². The van der Waals surface area contributed by atoms with Crippen molar-refractivity contribution in [2.24, 2.45) is 0 Å². The van der Waals surface area contributed by atoms with Crippen molar-refractivity contribution in [2.45, 2.75) is 4.90 Å². The third-order valence-electron chi connectivity index (χ3n) is 1.11. The van der Waals surface area contributed by atoms with Crippen molar-refractivity contribution in [3.8, 4) is 0 Å². The monoisotopic (exact) mass is 176 g/mol. The smallest absolute Gasteiger partial charge is 0.282 e. The summed E-state index contributed by atoms with van der Waals surface area (Å²) in [6.45, 7) is 0. The first-order valence-electron chi connectivity index (χ1n) is 2.73. The Hall–Kier alpha value is -0.940. The minimum Gasteiger partial charge on any atom is -0.282 e. The molecule has 1 aromatic rings. The summed E-state index contributed by atoms with van der Waals surface area (Å²) in [6.07, 6.45) is 0. The number of rotatable bonds is 1. The van der Waals surface area contributed by atoms with E-state index in [1.54, 1.807) is 0 Å². The second-order valence-corrected chi connectivity index (χ2v) is 3.35. The SMILES string of the molecule is O=S(=O)(O)c1ccc(F)cc1. The van der Waals surface area contributed by atoms with Gasteiger partial charge in [0, 0.05) is 0 Å². The van der Waals surface area contributed by atoms with Crippen molar-refractivity contribution < 1.29 is 17.4 Å². The van der Waals surface area contributed by atoms with Crippen molar-refractivity contribution in [3.05, 3.63) is 30.1 Å². The van der Waals surface area contributed by atoms with Crippen LogP contribution in [0.1, 0.15) is 0 Å². The lowest BCUT2D eigenvalue weighted by Crippen LogP contribution is -1.97. The number of halogens is 1. The van der Waals surface area contributed by atoms with Crippen LogP contribution in [0.3, 0.4) is 0 Å². The molecule has 0 bridgehead atoms. The number of hydrogen-bond donors (Lipinski definition) is 1. The molecule has 0 aromatic heterocycles. The van der Waals surface area contributed by atoms with E-state index in [4.69, 9.17) is 4.55 Å². The molecule has 3 nitrogen and oxygen atoms in total. The molecule has 0 radical (unpaired) electrons. The van der Waals surface area contributed by atoms with Crippen LogP contribution in [0.25, 0.3) is 0 Å². The molecule has 0 aliphatic carbocycles. The van der Waals surface area contributed by atoms with Crippen LogP contribution in [0.15, 0.2) is 29.2 Å². The van der Waals surface area contributed by atoms with Gasteiger partial charge in [0.1, 0.15) is 5.82 Å². The highest BCUT2D eigenvalue weighted by atomic mass is 32.2. The molecule has 1 aromatic carbocycles. The molecule has 0 amide bonds. The van der Waals surface area contributed by atoms with Gasteiger partial charge in [0.25, 0.3) is 10.1 Å². The molecular weight excluding hydrogens is 171 g/mol. The first-order valence-corrected chi connectivity index (χ1v) is 4.17. The molecule has 0 saturated heterocycles. The summed E-state index contributed by atoms with van der Waals surface area (Å²) in [5, 5.41) is 0. The quantitative estimate of drug-likeness (QED) is 0.651. The lowest BCUT2D eigenvalue weighted by Gasteiger charge is -1.93. The highest BCUT2D eigenvalue weighted by Gasteiger charge is 2.07. The topological polar surface area (TPSA) is 54.4 Å². The first kappa shape index (κ1) is 8.16. The minimum absolute atomic E-state index is 0.307. The zero-order valence-electron chi connectivity index (χ0n) is 5.36. The summed E-state index contributed by atoms with van der Waals surface area (Å²) in [6, 6.07) is 3.90. The summed E-state index contributed by atoms with van der Waals surface area (Å²) < 4.78 is 41.4. The van der Waals surface area contributed by atoms with E-state index in [-0.39, 0.29) is 4.90 Å². The van der Waals surface area contributed by atoms with E-state index in [1.165, 1.54) is 0 Å². The molecule has 11 heavy (non-hydrogen) atoms. The third kappa shape index (κ3) is 1.99. The average molecular weight is 176 g/mol. The van der Waals surface area contributed by atoms with Crippen molar-refractivity contribution in [1.82, 2.24) is 0 Å². The standard InChI is InChI=1S/C6H5FO3S/c7-5-1-3-6(4-2-5)11(8,9)10/h1-4H,(H,8,9,10). The highest BCUT2D eigenvalue weighted by Crippen LogP contribution is 2.08. The van der Waals surface area contributed by atoms with Gasteiger partial charge in [-0.05, 0) is 24.3 Å². The summed E-state index contributed by atoms with van der Waals surface area (Å²) in [5.74, 6) is -0.544. The predicted molar refractivity (Wildman–Crippen MR) is 36.2 cm³/mol. The van der Waals surface area contributed by atoms with Crippen LogP contribution in [0.4, 0.5) is 4.39 Å². The molecule has 1 rings (SSSR count). The normalized spacial score (nSPS) is 11.5. The molecule has 1 N–H and O–H groups in total. The van der Waals surface area contributed by atoms with E-state index in [1.807, 2.05) is 0 Å². The summed E-state index contributed by atoms with van der Waals surface area (Å²) in [7, 11) is -4.19. The Morgan fingerprint density at radius 1 is 1.18 bits per heavy atom. The summed E-state index contributed by atoms with van der Waals surface area (Å²) >= 11 is 0. The van der Waals surface area contributed by atoms with Crippen molar-refractivity contribution in [1.29, 1.82) is 0 Å². The van der Waals surface area contributed by atoms with Gasteiger partial charge in [0.2, 0.25) is 0 Å². The van der Waals surface area contributed by atoms with Crippen LogP contribution >= 0.6 is 0 Å².